The molecule has 84 valence electrons. The average Bonchev–Trinajstić information content (AvgIpc) is 2.65. The van der Waals surface area contributed by atoms with Crippen LogP contribution in [0, 0.1) is 11.6 Å². The van der Waals surface area contributed by atoms with Crippen LogP contribution in [-0.2, 0) is 6.54 Å². The van der Waals surface area contributed by atoms with E-state index in [0.717, 1.165) is 6.07 Å². The van der Waals surface area contributed by atoms with E-state index in [1.165, 1.54) is 12.1 Å². The Kier molecular flexibility index (Phi) is 2.91. The smallest absolute Gasteiger partial charge is 0.181 e. The fraction of sp³-hybridized carbons (Fsp3) is 0.200. The molecule has 0 amide bonds. The molecule has 0 atom stereocenters. The molecule has 2 rings (SSSR count). The summed E-state index contributed by atoms with van der Waals surface area (Å²) in [5.74, 6) is -0.393. The number of hydrogen-bond acceptors (Lipinski definition) is 3. The standard InChI is InChI=1S/C10H10F2N4/c1-13-5-9-14-10(16-15-9)6-2-7(11)4-8(12)3-6/h2-4,13H,5H2,1H3,(H,14,15,16). The van der Waals surface area contributed by atoms with E-state index in [-0.39, 0.29) is 5.82 Å². The lowest BCUT2D eigenvalue weighted by atomic mass is 10.2. The van der Waals surface area contributed by atoms with Crippen molar-refractivity contribution in [3.05, 3.63) is 35.7 Å². The molecular weight excluding hydrogens is 214 g/mol. The maximum atomic E-state index is 13.0. The van der Waals surface area contributed by atoms with Crippen LogP contribution in [0.1, 0.15) is 5.82 Å². The Balaban J connectivity index is 2.34. The number of H-pyrrole nitrogens is 1. The summed E-state index contributed by atoms with van der Waals surface area (Å²) in [5, 5.41) is 9.44. The molecule has 1 aromatic heterocycles. The molecule has 0 bridgehead atoms. The Morgan fingerprint density at radius 2 is 1.94 bits per heavy atom. The Bertz CT molecular complexity index is 475. The van der Waals surface area contributed by atoms with Crippen LogP contribution in [0.3, 0.4) is 0 Å². The Morgan fingerprint density at radius 1 is 1.25 bits per heavy atom. The average molecular weight is 224 g/mol. The SMILES string of the molecule is CNCc1nc(-c2cc(F)cc(F)c2)n[nH]1. The van der Waals surface area contributed by atoms with Gasteiger partial charge in [-0.25, -0.2) is 13.8 Å². The van der Waals surface area contributed by atoms with Gasteiger partial charge in [-0.05, 0) is 19.2 Å². The summed E-state index contributed by atoms with van der Waals surface area (Å²) in [5.41, 5.74) is 0.316. The number of hydrogen-bond donors (Lipinski definition) is 2. The van der Waals surface area contributed by atoms with Gasteiger partial charge in [0.05, 0.1) is 6.54 Å². The summed E-state index contributed by atoms with van der Waals surface area (Å²) < 4.78 is 25.9. The van der Waals surface area contributed by atoms with Crippen LogP contribution >= 0.6 is 0 Å². The molecule has 1 aromatic carbocycles. The number of nitrogens with zero attached hydrogens (tertiary/aromatic N) is 2. The molecule has 0 spiro atoms. The zero-order valence-electron chi connectivity index (χ0n) is 8.59. The van der Waals surface area contributed by atoms with Crippen molar-refractivity contribution in [2.45, 2.75) is 6.54 Å². The lowest BCUT2D eigenvalue weighted by Crippen LogP contribution is -2.06. The van der Waals surface area contributed by atoms with Gasteiger partial charge in [-0.3, -0.25) is 5.10 Å². The number of halogens is 2. The van der Waals surface area contributed by atoms with Crippen LogP contribution in [0.4, 0.5) is 8.78 Å². The molecular formula is C10H10F2N4. The van der Waals surface area contributed by atoms with E-state index in [9.17, 15) is 8.78 Å². The summed E-state index contributed by atoms with van der Waals surface area (Å²) in [7, 11) is 1.77. The van der Waals surface area contributed by atoms with Gasteiger partial charge in [0, 0.05) is 11.6 Å². The molecule has 4 nitrogen and oxygen atoms in total. The molecule has 0 saturated heterocycles. The van der Waals surface area contributed by atoms with E-state index in [1.54, 1.807) is 7.05 Å². The minimum Gasteiger partial charge on any atom is -0.313 e. The highest BCUT2D eigenvalue weighted by Crippen LogP contribution is 2.17. The maximum absolute atomic E-state index is 13.0. The molecule has 2 aromatic rings. The largest absolute Gasteiger partial charge is 0.313 e. The predicted molar refractivity (Wildman–Crippen MR) is 54.5 cm³/mol. The molecule has 0 fully saturated rings. The van der Waals surface area contributed by atoms with Crippen molar-refractivity contribution in [3.63, 3.8) is 0 Å². The van der Waals surface area contributed by atoms with E-state index in [2.05, 4.69) is 20.5 Å². The second kappa shape index (κ2) is 4.36. The van der Waals surface area contributed by atoms with Crippen molar-refractivity contribution in [3.8, 4) is 11.4 Å². The third-order valence-electron chi connectivity index (χ3n) is 2.00. The normalized spacial score (nSPS) is 10.7. The lowest BCUT2D eigenvalue weighted by Gasteiger charge is -1.96. The number of aromatic amines is 1. The van der Waals surface area contributed by atoms with Gasteiger partial charge in [0.1, 0.15) is 17.5 Å². The van der Waals surface area contributed by atoms with Crippen LogP contribution in [0.5, 0.6) is 0 Å². The maximum Gasteiger partial charge on any atom is 0.181 e. The quantitative estimate of drug-likeness (QED) is 0.830. The summed E-state index contributed by atoms with van der Waals surface area (Å²) >= 11 is 0. The zero-order valence-corrected chi connectivity index (χ0v) is 8.59. The number of aromatic nitrogens is 3. The molecule has 0 unspecified atom stereocenters. The highest BCUT2D eigenvalue weighted by Gasteiger charge is 2.08. The van der Waals surface area contributed by atoms with Gasteiger partial charge in [-0.2, -0.15) is 5.10 Å². The number of nitrogens with one attached hydrogen (secondary N) is 2. The third-order valence-corrected chi connectivity index (χ3v) is 2.00. The van der Waals surface area contributed by atoms with Crippen molar-refractivity contribution < 1.29 is 8.78 Å². The Labute approximate surface area is 90.7 Å². The fourth-order valence-electron chi connectivity index (χ4n) is 1.35. The van der Waals surface area contributed by atoms with Crippen LogP contribution in [0.15, 0.2) is 18.2 Å². The number of rotatable bonds is 3. The Hall–Kier alpha value is -1.82. The second-order valence-electron chi connectivity index (χ2n) is 3.29. The summed E-state index contributed by atoms with van der Waals surface area (Å²) in [4.78, 5) is 4.09. The topological polar surface area (TPSA) is 53.6 Å². The van der Waals surface area contributed by atoms with E-state index >= 15 is 0 Å². The third kappa shape index (κ3) is 2.22. The van der Waals surface area contributed by atoms with Crippen molar-refractivity contribution in [1.29, 1.82) is 0 Å². The lowest BCUT2D eigenvalue weighted by molar-refractivity contribution is 0.584. The van der Waals surface area contributed by atoms with Crippen molar-refractivity contribution in [2.75, 3.05) is 7.05 Å². The van der Waals surface area contributed by atoms with Gasteiger partial charge < -0.3 is 5.32 Å². The molecule has 16 heavy (non-hydrogen) atoms. The van der Waals surface area contributed by atoms with Gasteiger partial charge in [-0.15, -0.1) is 0 Å². The van der Waals surface area contributed by atoms with Crippen molar-refractivity contribution >= 4 is 0 Å². The molecule has 6 heteroatoms. The van der Waals surface area contributed by atoms with E-state index in [0.29, 0.717) is 17.9 Å². The minimum atomic E-state index is -0.644. The summed E-state index contributed by atoms with van der Waals surface area (Å²) in [6.45, 7) is 0.519. The van der Waals surface area contributed by atoms with Gasteiger partial charge in [0.2, 0.25) is 0 Å². The zero-order chi connectivity index (χ0) is 11.5. The van der Waals surface area contributed by atoms with Gasteiger partial charge in [0.15, 0.2) is 5.82 Å². The highest BCUT2D eigenvalue weighted by atomic mass is 19.1. The minimum absolute atomic E-state index is 0.281. The van der Waals surface area contributed by atoms with Crippen molar-refractivity contribution in [2.24, 2.45) is 0 Å². The van der Waals surface area contributed by atoms with Gasteiger partial charge in [0.25, 0.3) is 0 Å². The first-order chi connectivity index (χ1) is 7.69. The van der Waals surface area contributed by atoms with Gasteiger partial charge in [-0.1, -0.05) is 0 Å². The molecule has 0 saturated carbocycles. The molecule has 0 aliphatic heterocycles. The Morgan fingerprint density at radius 3 is 2.56 bits per heavy atom. The predicted octanol–water partition coefficient (Wildman–Crippen LogP) is 1.47. The van der Waals surface area contributed by atoms with Gasteiger partial charge >= 0.3 is 0 Å². The van der Waals surface area contributed by atoms with Crippen LogP contribution in [0.25, 0.3) is 11.4 Å². The summed E-state index contributed by atoms with van der Waals surface area (Å²) in [6.07, 6.45) is 0. The first-order valence-corrected chi connectivity index (χ1v) is 4.71. The van der Waals surface area contributed by atoms with Crippen LogP contribution < -0.4 is 5.32 Å². The first-order valence-electron chi connectivity index (χ1n) is 4.71. The van der Waals surface area contributed by atoms with Crippen LogP contribution in [-0.4, -0.2) is 22.2 Å². The highest BCUT2D eigenvalue weighted by molar-refractivity contribution is 5.54. The monoisotopic (exact) mass is 224 g/mol. The van der Waals surface area contributed by atoms with E-state index < -0.39 is 11.6 Å². The molecule has 2 N–H and O–H groups in total. The molecule has 1 heterocycles. The first kappa shape index (κ1) is 10.7. The van der Waals surface area contributed by atoms with E-state index in [1.807, 2.05) is 0 Å². The molecule has 0 aliphatic rings. The summed E-state index contributed by atoms with van der Waals surface area (Å²) in [6, 6.07) is 3.19. The second-order valence-corrected chi connectivity index (χ2v) is 3.29. The molecule has 0 aliphatic carbocycles. The number of benzene rings is 1. The van der Waals surface area contributed by atoms with Crippen LogP contribution in [0.2, 0.25) is 0 Å². The molecule has 0 radical (unpaired) electrons. The van der Waals surface area contributed by atoms with Crippen molar-refractivity contribution in [1.82, 2.24) is 20.5 Å². The fourth-order valence-corrected chi connectivity index (χ4v) is 1.35. The van der Waals surface area contributed by atoms with E-state index in [4.69, 9.17) is 0 Å².